The lowest BCUT2D eigenvalue weighted by molar-refractivity contribution is -0.121. The van der Waals surface area contributed by atoms with Crippen LogP contribution in [-0.2, 0) is 11.2 Å². The van der Waals surface area contributed by atoms with Crippen molar-refractivity contribution in [1.82, 2.24) is 5.32 Å². The topological polar surface area (TPSA) is 55.1 Å². The molecule has 1 amide bonds. The van der Waals surface area contributed by atoms with Gasteiger partial charge in [0.1, 0.15) is 0 Å². The fourth-order valence-electron chi connectivity index (χ4n) is 1.97. The van der Waals surface area contributed by atoms with Gasteiger partial charge in [-0.25, -0.2) is 0 Å². The standard InChI is InChI=1S/C14H20N2O/c15-13(12-6-7-12)10-14(17)16-9-8-11-4-2-1-3-5-11/h1-5,12-13H,6-10,15H2,(H,16,17). The number of hydrogen-bond acceptors (Lipinski definition) is 2. The zero-order valence-corrected chi connectivity index (χ0v) is 10.1. The average Bonchev–Trinajstić information content (AvgIpc) is 3.14. The van der Waals surface area contributed by atoms with E-state index in [4.69, 9.17) is 5.73 Å². The number of nitrogens with two attached hydrogens (primary N) is 1. The van der Waals surface area contributed by atoms with Gasteiger partial charge < -0.3 is 11.1 Å². The van der Waals surface area contributed by atoms with Crippen molar-refractivity contribution in [2.45, 2.75) is 31.7 Å². The van der Waals surface area contributed by atoms with Crippen LogP contribution in [0.4, 0.5) is 0 Å². The Bertz CT molecular complexity index is 360. The number of carbonyl (C=O) groups excluding carboxylic acids is 1. The van der Waals surface area contributed by atoms with Gasteiger partial charge in [-0.15, -0.1) is 0 Å². The smallest absolute Gasteiger partial charge is 0.221 e. The minimum absolute atomic E-state index is 0.0618. The van der Waals surface area contributed by atoms with E-state index >= 15 is 0 Å². The van der Waals surface area contributed by atoms with E-state index in [9.17, 15) is 4.79 Å². The van der Waals surface area contributed by atoms with Crippen molar-refractivity contribution in [2.75, 3.05) is 6.54 Å². The third-order valence-electron chi connectivity index (χ3n) is 3.23. The van der Waals surface area contributed by atoms with Crippen molar-refractivity contribution in [1.29, 1.82) is 0 Å². The summed E-state index contributed by atoms with van der Waals surface area (Å²) in [6, 6.07) is 10.2. The van der Waals surface area contributed by atoms with Crippen molar-refractivity contribution >= 4 is 5.91 Å². The first kappa shape index (κ1) is 12.1. The van der Waals surface area contributed by atoms with E-state index in [2.05, 4.69) is 17.4 Å². The second-order valence-corrected chi connectivity index (χ2v) is 4.79. The van der Waals surface area contributed by atoms with Gasteiger partial charge in [-0.3, -0.25) is 4.79 Å². The molecule has 1 aliphatic carbocycles. The molecule has 0 heterocycles. The fraction of sp³-hybridized carbons (Fsp3) is 0.500. The summed E-state index contributed by atoms with van der Waals surface area (Å²) in [5, 5.41) is 2.93. The molecular weight excluding hydrogens is 212 g/mol. The molecule has 1 aliphatic rings. The molecule has 1 unspecified atom stereocenters. The van der Waals surface area contributed by atoms with Crippen LogP contribution >= 0.6 is 0 Å². The molecule has 3 N–H and O–H groups in total. The quantitative estimate of drug-likeness (QED) is 0.780. The maximum absolute atomic E-state index is 11.6. The van der Waals surface area contributed by atoms with Crippen molar-refractivity contribution in [3.05, 3.63) is 35.9 Å². The Hall–Kier alpha value is -1.35. The number of rotatable bonds is 6. The van der Waals surface area contributed by atoms with Crippen molar-refractivity contribution in [3.63, 3.8) is 0 Å². The van der Waals surface area contributed by atoms with E-state index in [1.165, 1.54) is 18.4 Å². The van der Waals surface area contributed by atoms with Crippen LogP contribution in [-0.4, -0.2) is 18.5 Å². The molecule has 1 saturated carbocycles. The molecule has 1 aromatic rings. The lowest BCUT2D eigenvalue weighted by Gasteiger charge is -2.10. The first-order chi connectivity index (χ1) is 8.25. The molecule has 92 valence electrons. The molecule has 2 rings (SSSR count). The predicted octanol–water partition coefficient (Wildman–Crippen LogP) is 1.47. The molecule has 3 nitrogen and oxygen atoms in total. The molecule has 0 spiro atoms. The Morgan fingerprint density at radius 3 is 2.71 bits per heavy atom. The summed E-state index contributed by atoms with van der Waals surface area (Å²) in [5.41, 5.74) is 7.15. The zero-order valence-electron chi connectivity index (χ0n) is 10.1. The summed E-state index contributed by atoms with van der Waals surface area (Å²) in [4.78, 5) is 11.6. The SMILES string of the molecule is NC(CC(=O)NCCc1ccccc1)C1CC1. The van der Waals surface area contributed by atoms with Crippen LogP contribution in [0.3, 0.4) is 0 Å². The van der Waals surface area contributed by atoms with Gasteiger partial charge in [0.25, 0.3) is 0 Å². The minimum Gasteiger partial charge on any atom is -0.356 e. The summed E-state index contributed by atoms with van der Waals surface area (Å²) in [7, 11) is 0. The number of hydrogen-bond donors (Lipinski definition) is 2. The van der Waals surface area contributed by atoms with Gasteiger partial charge in [0.2, 0.25) is 5.91 Å². The van der Waals surface area contributed by atoms with Gasteiger partial charge in [-0.05, 0) is 30.7 Å². The molecule has 3 heteroatoms. The fourth-order valence-corrected chi connectivity index (χ4v) is 1.97. The van der Waals surface area contributed by atoms with Gasteiger partial charge in [0.05, 0.1) is 0 Å². The van der Waals surface area contributed by atoms with E-state index in [1.807, 2.05) is 18.2 Å². The van der Waals surface area contributed by atoms with Gasteiger partial charge in [0, 0.05) is 19.0 Å². The largest absolute Gasteiger partial charge is 0.356 e. The Labute approximate surface area is 102 Å². The van der Waals surface area contributed by atoms with Crippen LogP contribution in [0.2, 0.25) is 0 Å². The van der Waals surface area contributed by atoms with Crippen molar-refractivity contribution < 1.29 is 4.79 Å². The minimum atomic E-state index is 0.0618. The summed E-state index contributed by atoms with van der Waals surface area (Å²) in [6.07, 6.45) is 3.74. The second kappa shape index (κ2) is 5.82. The Balaban J connectivity index is 1.63. The van der Waals surface area contributed by atoms with E-state index in [0.29, 0.717) is 18.9 Å². The highest BCUT2D eigenvalue weighted by Gasteiger charge is 2.29. The molecule has 0 bridgehead atoms. The maximum atomic E-state index is 11.6. The normalized spacial score (nSPS) is 16.5. The molecule has 1 fully saturated rings. The van der Waals surface area contributed by atoms with Gasteiger partial charge >= 0.3 is 0 Å². The van der Waals surface area contributed by atoms with E-state index in [-0.39, 0.29) is 11.9 Å². The average molecular weight is 232 g/mol. The van der Waals surface area contributed by atoms with Crippen LogP contribution in [0.5, 0.6) is 0 Å². The van der Waals surface area contributed by atoms with Gasteiger partial charge in [-0.2, -0.15) is 0 Å². The molecule has 0 aliphatic heterocycles. The molecule has 1 atom stereocenters. The molecule has 0 saturated heterocycles. The molecule has 17 heavy (non-hydrogen) atoms. The van der Waals surface area contributed by atoms with Crippen molar-refractivity contribution in [3.8, 4) is 0 Å². The van der Waals surface area contributed by atoms with Crippen LogP contribution in [0.1, 0.15) is 24.8 Å². The van der Waals surface area contributed by atoms with E-state index in [1.54, 1.807) is 0 Å². The molecular formula is C14H20N2O. The summed E-state index contributed by atoms with van der Waals surface area (Å²) in [5.74, 6) is 0.676. The lowest BCUT2D eigenvalue weighted by atomic mass is 10.1. The lowest BCUT2D eigenvalue weighted by Crippen LogP contribution is -2.33. The van der Waals surface area contributed by atoms with E-state index < -0.39 is 0 Å². The highest BCUT2D eigenvalue weighted by molar-refractivity contribution is 5.76. The highest BCUT2D eigenvalue weighted by Crippen LogP contribution is 2.32. The Kier molecular flexibility index (Phi) is 4.15. The van der Waals surface area contributed by atoms with Crippen LogP contribution in [0, 0.1) is 5.92 Å². The van der Waals surface area contributed by atoms with Crippen LogP contribution in [0.15, 0.2) is 30.3 Å². The second-order valence-electron chi connectivity index (χ2n) is 4.79. The number of amides is 1. The summed E-state index contributed by atoms with van der Waals surface area (Å²) in [6.45, 7) is 0.695. The van der Waals surface area contributed by atoms with E-state index in [0.717, 1.165) is 6.42 Å². The summed E-state index contributed by atoms with van der Waals surface area (Å²) >= 11 is 0. The highest BCUT2D eigenvalue weighted by atomic mass is 16.1. The first-order valence-corrected chi connectivity index (χ1v) is 6.32. The van der Waals surface area contributed by atoms with Crippen LogP contribution < -0.4 is 11.1 Å². The summed E-state index contributed by atoms with van der Waals surface area (Å²) < 4.78 is 0. The molecule has 0 aromatic heterocycles. The third-order valence-corrected chi connectivity index (χ3v) is 3.23. The predicted molar refractivity (Wildman–Crippen MR) is 68.5 cm³/mol. The third kappa shape index (κ3) is 4.19. The van der Waals surface area contributed by atoms with Gasteiger partial charge in [-0.1, -0.05) is 30.3 Å². The molecule has 0 radical (unpaired) electrons. The zero-order chi connectivity index (χ0) is 12.1. The Morgan fingerprint density at radius 2 is 2.06 bits per heavy atom. The van der Waals surface area contributed by atoms with Crippen molar-refractivity contribution in [2.24, 2.45) is 11.7 Å². The number of benzene rings is 1. The maximum Gasteiger partial charge on any atom is 0.221 e. The Morgan fingerprint density at radius 1 is 1.35 bits per heavy atom. The van der Waals surface area contributed by atoms with Gasteiger partial charge in [0.15, 0.2) is 0 Å². The molecule has 1 aromatic carbocycles. The number of carbonyl (C=O) groups is 1. The monoisotopic (exact) mass is 232 g/mol. The number of nitrogens with one attached hydrogen (secondary N) is 1. The first-order valence-electron chi connectivity index (χ1n) is 6.32. The van der Waals surface area contributed by atoms with Crippen LogP contribution in [0.25, 0.3) is 0 Å².